The molecule has 0 saturated carbocycles. The zero-order valence-electron chi connectivity index (χ0n) is 14.5. The fourth-order valence-electron chi connectivity index (χ4n) is 2.76. The number of aromatic nitrogens is 3. The van der Waals surface area contributed by atoms with Gasteiger partial charge >= 0.3 is 6.18 Å². The lowest BCUT2D eigenvalue weighted by molar-refractivity contribution is -0.137. The summed E-state index contributed by atoms with van der Waals surface area (Å²) in [6.07, 6.45) is -4.65. The number of alkyl halides is 3. The van der Waals surface area contributed by atoms with Crippen LogP contribution in [0.5, 0.6) is 0 Å². The molecule has 4 aromatic rings. The van der Waals surface area contributed by atoms with Crippen LogP contribution in [0.4, 0.5) is 22.0 Å². The summed E-state index contributed by atoms with van der Waals surface area (Å²) in [7, 11) is 0. The molecule has 30 heavy (non-hydrogen) atoms. The number of halogens is 7. The van der Waals surface area contributed by atoms with E-state index in [1.807, 2.05) is 0 Å². The van der Waals surface area contributed by atoms with Gasteiger partial charge in [-0.15, -0.1) is 11.3 Å². The maximum atomic E-state index is 14.3. The molecule has 3 nitrogen and oxygen atoms in total. The van der Waals surface area contributed by atoms with Crippen molar-refractivity contribution in [2.24, 2.45) is 0 Å². The Morgan fingerprint density at radius 2 is 1.70 bits per heavy atom. The van der Waals surface area contributed by atoms with Gasteiger partial charge in [0, 0.05) is 10.4 Å². The minimum absolute atomic E-state index is 0.0262. The van der Waals surface area contributed by atoms with Crippen LogP contribution in [0.15, 0.2) is 42.5 Å². The molecule has 0 aliphatic carbocycles. The number of thiophene rings is 1. The molecule has 0 aliphatic heterocycles. The second-order valence-corrected chi connectivity index (χ2v) is 8.16. The fourth-order valence-corrected chi connectivity index (χ4v) is 4.31. The highest BCUT2D eigenvalue weighted by molar-refractivity contribution is 7.20. The molecule has 2 heterocycles. The molecule has 2 aromatic heterocycles. The van der Waals surface area contributed by atoms with E-state index < -0.39 is 23.4 Å². The third-order valence-electron chi connectivity index (χ3n) is 4.17. The number of hydrogen-bond acceptors (Lipinski definition) is 3. The zero-order chi connectivity index (χ0) is 21.6. The van der Waals surface area contributed by atoms with Crippen molar-refractivity contribution in [1.29, 1.82) is 0 Å². The summed E-state index contributed by atoms with van der Waals surface area (Å²) in [5.41, 5.74) is -0.801. The Morgan fingerprint density at radius 1 is 0.933 bits per heavy atom. The average Bonchev–Trinajstić information content (AvgIpc) is 3.27. The largest absolute Gasteiger partial charge is 0.416 e. The van der Waals surface area contributed by atoms with Gasteiger partial charge in [-0.25, -0.2) is 13.8 Å². The van der Waals surface area contributed by atoms with Crippen LogP contribution in [-0.2, 0) is 6.18 Å². The minimum atomic E-state index is -4.65. The molecule has 11 heteroatoms. The van der Waals surface area contributed by atoms with Crippen molar-refractivity contribution >= 4 is 34.5 Å². The van der Waals surface area contributed by atoms with Gasteiger partial charge in [0.1, 0.15) is 16.0 Å². The smallest absolute Gasteiger partial charge is 0.259 e. The Kier molecular flexibility index (Phi) is 5.29. The number of benzene rings is 2. The Bertz CT molecular complexity index is 1230. The molecule has 0 saturated heterocycles. The maximum absolute atomic E-state index is 14.3. The van der Waals surface area contributed by atoms with Gasteiger partial charge in [-0.2, -0.15) is 18.3 Å². The van der Waals surface area contributed by atoms with Crippen LogP contribution in [-0.4, -0.2) is 15.2 Å². The van der Waals surface area contributed by atoms with E-state index in [2.05, 4.69) is 15.2 Å². The molecular weight excluding hydrogens is 468 g/mol. The van der Waals surface area contributed by atoms with Gasteiger partial charge < -0.3 is 0 Å². The van der Waals surface area contributed by atoms with E-state index in [9.17, 15) is 22.0 Å². The van der Waals surface area contributed by atoms with Gasteiger partial charge in [0.25, 0.3) is 0 Å². The first-order valence-electron chi connectivity index (χ1n) is 8.18. The van der Waals surface area contributed by atoms with Crippen molar-refractivity contribution in [3.63, 3.8) is 0 Å². The second-order valence-electron chi connectivity index (χ2n) is 6.09. The molecule has 0 fully saturated rings. The highest BCUT2D eigenvalue weighted by atomic mass is 35.5. The van der Waals surface area contributed by atoms with E-state index in [0.29, 0.717) is 11.6 Å². The molecule has 0 spiro atoms. The monoisotopic (exact) mass is 475 g/mol. The van der Waals surface area contributed by atoms with E-state index in [1.54, 1.807) is 0 Å². The third-order valence-corrected chi connectivity index (χ3v) is 5.88. The molecule has 4 rings (SSSR count). The van der Waals surface area contributed by atoms with Gasteiger partial charge in [-0.05, 0) is 30.3 Å². The number of rotatable bonds is 3. The van der Waals surface area contributed by atoms with Crippen molar-refractivity contribution in [2.75, 3.05) is 0 Å². The van der Waals surface area contributed by atoms with E-state index in [-0.39, 0.29) is 37.0 Å². The molecule has 1 N–H and O–H groups in total. The summed E-state index contributed by atoms with van der Waals surface area (Å²) in [6.45, 7) is 0. The second kappa shape index (κ2) is 7.64. The van der Waals surface area contributed by atoms with Crippen molar-refractivity contribution in [2.45, 2.75) is 6.18 Å². The number of nitrogens with zero attached hydrogens (tertiary/aromatic N) is 2. The third kappa shape index (κ3) is 3.80. The Labute approximate surface area is 180 Å². The van der Waals surface area contributed by atoms with Gasteiger partial charge in [0.2, 0.25) is 0 Å². The summed E-state index contributed by atoms with van der Waals surface area (Å²) in [5, 5.41) is 6.70. The predicted molar refractivity (Wildman–Crippen MR) is 106 cm³/mol. The number of H-pyrrole nitrogens is 1. The molecule has 0 bridgehead atoms. The zero-order valence-corrected chi connectivity index (χ0v) is 16.8. The van der Waals surface area contributed by atoms with Crippen molar-refractivity contribution in [3.05, 3.63) is 69.0 Å². The molecule has 0 aliphatic rings. The van der Waals surface area contributed by atoms with E-state index in [4.69, 9.17) is 23.2 Å². The van der Waals surface area contributed by atoms with E-state index >= 15 is 0 Å². The lowest BCUT2D eigenvalue weighted by Crippen LogP contribution is -2.05. The molecule has 0 radical (unpaired) electrons. The number of nitrogens with one attached hydrogen (secondary N) is 1. The van der Waals surface area contributed by atoms with Crippen LogP contribution in [0.3, 0.4) is 0 Å². The van der Waals surface area contributed by atoms with E-state index in [1.165, 1.54) is 24.3 Å². The molecule has 0 amide bonds. The summed E-state index contributed by atoms with van der Waals surface area (Å²) >= 11 is 13.2. The first-order valence-corrected chi connectivity index (χ1v) is 9.76. The first-order chi connectivity index (χ1) is 14.1. The normalized spacial score (nSPS) is 11.8. The van der Waals surface area contributed by atoms with Gasteiger partial charge in [0.15, 0.2) is 11.6 Å². The Balaban J connectivity index is 1.72. The quantitative estimate of drug-likeness (QED) is 0.312. The van der Waals surface area contributed by atoms with Crippen molar-refractivity contribution in [1.82, 2.24) is 15.2 Å². The lowest BCUT2D eigenvalue weighted by atomic mass is 10.1. The SMILES string of the molecule is Fc1cc(C(F)(F)F)ccc1-c1cc(-c2n[nH]c(-c3c(F)cccc3Cl)n2)c(Cl)s1. The van der Waals surface area contributed by atoms with Gasteiger partial charge in [0.05, 0.1) is 21.7 Å². The predicted octanol–water partition coefficient (Wildman–Crippen LogP) is 7.47. The average molecular weight is 476 g/mol. The molecule has 0 atom stereocenters. The highest BCUT2D eigenvalue weighted by Crippen LogP contribution is 2.42. The highest BCUT2D eigenvalue weighted by Gasteiger charge is 2.31. The van der Waals surface area contributed by atoms with Crippen molar-refractivity contribution in [3.8, 4) is 33.2 Å². The molecule has 0 unspecified atom stereocenters. The molecule has 2 aromatic carbocycles. The fraction of sp³-hybridized carbons (Fsp3) is 0.0526. The topological polar surface area (TPSA) is 41.6 Å². The van der Waals surface area contributed by atoms with E-state index in [0.717, 1.165) is 23.5 Å². The standard InChI is InChI=1S/C19H8Cl2F5N3S/c20-11-2-1-3-12(22)15(11)18-27-17(28-29-18)10-7-14(30-16(10)21)9-5-4-8(6-13(9)23)19(24,25)26/h1-7H,(H,27,28,29). The number of aromatic amines is 1. The van der Waals surface area contributed by atoms with Crippen LogP contribution < -0.4 is 0 Å². The summed E-state index contributed by atoms with van der Waals surface area (Å²) in [5.74, 6) is -1.47. The molecule has 154 valence electrons. The van der Waals surface area contributed by atoms with Gasteiger partial charge in [-0.1, -0.05) is 35.3 Å². The van der Waals surface area contributed by atoms with Crippen LogP contribution >= 0.6 is 34.5 Å². The first kappa shape index (κ1) is 20.8. The van der Waals surface area contributed by atoms with Crippen LogP contribution in [0.1, 0.15) is 5.56 Å². The lowest BCUT2D eigenvalue weighted by Gasteiger charge is -2.08. The van der Waals surface area contributed by atoms with Crippen LogP contribution in [0.2, 0.25) is 9.36 Å². The Morgan fingerprint density at radius 3 is 2.37 bits per heavy atom. The Hall–Kier alpha value is -2.49. The molecular formula is C19H8Cl2F5N3S. The van der Waals surface area contributed by atoms with Gasteiger partial charge in [-0.3, -0.25) is 5.10 Å². The summed E-state index contributed by atoms with van der Waals surface area (Å²) in [4.78, 5) is 4.49. The maximum Gasteiger partial charge on any atom is 0.416 e. The summed E-state index contributed by atoms with van der Waals surface area (Å²) < 4.78 is 66.8. The van der Waals surface area contributed by atoms with Crippen molar-refractivity contribution < 1.29 is 22.0 Å². The van der Waals surface area contributed by atoms with Crippen LogP contribution in [0.25, 0.3) is 33.2 Å². The minimum Gasteiger partial charge on any atom is -0.259 e. The number of hydrogen-bond donors (Lipinski definition) is 1. The summed E-state index contributed by atoms with van der Waals surface area (Å²) in [6, 6.07) is 7.85. The van der Waals surface area contributed by atoms with Crippen LogP contribution in [0, 0.1) is 11.6 Å².